The summed E-state index contributed by atoms with van der Waals surface area (Å²) in [6.07, 6.45) is 1.71. The van der Waals surface area contributed by atoms with Gasteiger partial charge in [0.05, 0.1) is 24.4 Å². The molecule has 1 heterocycles. The molecule has 142 valence electrons. The first kappa shape index (κ1) is 19.1. The Hall–Kier alpha value is -2.67. The van der Waals surface area contributed by atoms with Gasteiger partial charge in [-0.3, -0.25) is 4.79 Å². The summed E-state index contributed by atoms with van der Waals surface area (Å²) in [5, 5.41) is 0. The SMILES string of the molecule is COc1ccc(C(=O)C(Br)=Cc2ccc3c(c2OC)OCO3)cc1N(C)C. The number of carbonyl (C=O) groups is 1. The van der Waals surface area contributed by atoms with Crippen molar-refractivity contribution in [2.45, 2.75) is 0 Å². The average molecular weight is 434 g/mol. The fourth-order valence-corrected chi connectivity index (χ4v) is 3.28. The first-order valence-corrected chi connectivity index (χ1v) is 8.99. The lowest BCUT2D eigenvalue weighted by Crippen LogP contribution is -2.11. The summed E-state index contributed by atoms with van der Waals surface area (Å²) in [7, 11) is 6.95. The van der Waals surface area contributed by atoms with Crippen LogP contribution in [0.4, 0.5) is 5.69 Å². The Bertz CT molecular complexity index is 907. The van der Waals surface area contributed by atoms with Gasteiger partial charge in [0.2, 0.25) is 12.5 Å². The molecular weight excluding hydrogens is 414 g/mol. The van der Waals surface area contributed by atoms with E-state index in [2.05, 4.69) is 15.9 Å². The van der Waals surface area contributed by atoms with Crippen LogP contribution in [0.2, 0.25) is 0 Å². The number of benzene rings is 2. The summed E-state index contributed by atoms with van der Waals surface area (Å²) in [5.74, 6) is 2.24. The van der Waals surface area contributed by atoms with Gasteiger partial charge in [-0.2, -0.15) is 0 Å². The van der Waals surface area contributed by atoms with E-state index in [4.69, 9.17) is 18.9 Å². The van der Waals surface area contributed by atoms with Crippen molar-refractivity contribution in [1.29, 1.82) is 0 Å². The monoisotopic (exact) mass is 433 g/mol. The fourth-order valence-electron chi connectivity index (χ4n) is 2.81. The second-order valence-corrected chi connectivity index (χ2v) is 6.88. The van der Waals surface area contributed by atoms with Crippen LogP contribution in [0.15, 0.2) is 34.8 Å². The Labute approximate surface area is 166 Å². The minimum atomic E-state index is -0.152. The van der Waals surface area contributed by atoms with E-state index in [-0.39, 0.29) is 12.6 Å². The zero-order valence-electron chi connectivity index (χ0n) is 15.5. The lowest BCUT2D eigenvalue weighted by atomic mass is 10.1. The molecule has 0 aromatic heterocycles. The predicted octanol–water partition coefficient (Wildman–Crippen LogP) is 4.12. The predicted molar refractivity (Wildman–Crippen MR) is 108 cm³/mol. The van der Waals surface area contributed by atoms with E-state index in [1.54, 1.807) is 44.6 Å². The number of carbonyl (C=O) groups excluding carboxylic acids is 1. The molecule has 0 saturated heterocycles. The zero-order chi connectivity index (χ0) is 19.6. The largest absolute Gasteiger partial charge is 0.495 e. The number of ether oxygens (including phenoxy) is 4. The highest BCUT2D eigenvalue weighted by atomic mass is 79.9. The van der Waals surface area contributed by atoms with E-state index in [1.165, 1.54) is 0 Å². The molecule has 2 aromatic carbocycles. The van der Waals surface area contributed by atoms with Gasteiger partial charge in [0, 0.05) is 25.2 Å². The van der Waals surface area contributed by atoms with Gasteiger partial charge in [-0.1, -0.05) is 0 Å². The number of Topliss-reactive ketones (excluding diaryl/α,β-unsaturated/α-hetero) is 1. The summed E-state index contributed by atoms with van der Waals surface area (Å²) >= 11 is 3.40. The van der Waals surface area contributed by atoms with E-state index in [0.29, 0.717) is 38.6 Å². The van der Waals surface area contributed by atoms with Gasteiger partial charge in [-0.25, -0.2) is 0 Å². The number of anilines is 1. The van der Waals surface area contributed by atoms with Crippen molar-refractivity contribution < 1.29 is 23.7 Å². The fraction of sp³-hybridized carbons (Fsp3) is 0.250. The molecule has 0 atom stereocenters. The van der Waals surface area contributed by atoms with Crippen LogP contribution in [-0.2, 0) is 0 Å². The molecule has 7 heteroatoms. The highest BCUT2D eigenvalue weighted by Crippen LogP contribution is 2.44. The van der Waals surface area contributed by atoms with Crippen LogP contribution < -0.4 is 23.8 Å². The van der Waals surface area contributed by atoms with Crippen LogP contribution in [0, 0.1) is 0 Å². The number of hydrogen-bond donors (Lipinski definition) is 0. The summed E-state index contributed by atoms with van der Waals surface area (Å²) in [5.41, 5.74) is 2.08. The van der Waals surface area contributed by atoms with Gasteiger partial charge in [0.25, 0.3) is 0 Å². The Morgan fingerprint density at radius 1 is 1.15 bits per heavy atom. The second kappa shape index (κ2) is 7.92. The van der Waals surface area contributed by atoms with E-state index < -0.39 is 0 Å². The van der Waals surface area contributed by atoms with Gasteiger partial charge in [-0.05, 0) is 52.3 Å². The highest BCUT2D eigenvalue weighted by Gasteiger charge is 2.22. The third-order valence-electron chi connectivity index (χ3n) is 4.15. The van der Waals surface area contributed by atoms with E-state index in [0.717, 1.165) is 5.69 Å². The minimum absolute atomic E-state index is 0.151. The zero-order valence-corrected chi connectivity index (χ0v) is 17.1. The number of halogens is 1. The molecule has 1 aliphatic heterocycles. The first-order chi connectivity index (χ1) is 13.0. The van der Waals surface area contributed by atoms with Crippen molar-refractivity contribution in [1.82, 2.24) is 0 Å². The van der Waals surface area contributed by atoms with Gasteiger partial charge in [0.1, 0.15) is 5.75 Å². The molecule has 0 aliphatic carbocycles. The number of ketones is 1. The summed E-state index contributed by atoms with van der Waals surface area (Å²) in [6, 6.07) is 8.93. The average Bonchev–Trinajstić information content (AvgIpc) is 3.15. The summed E-state index contributed by atoms with van der Waals surface area (Å²) < 4.78 is 22.0. The molecule has 0 amide bonds. The molecule has 2 aromatic rings. The van der Waals surface area contributed by atoms with Crippen LogP contribution in [-0.4, -0.2) is 40.9 Å². The summed E-state index contributed by atoms with van der Waals surface area (Å²) in [6.45, 7) is 0.151. The van der Waals surface area contributed by atoms with Crippen LogP contribution in [0.5, 0.6) is 23.0 Å². The van der Waals surface area contributed by atoms with Crippen molar-refractivity contribution in [3.8, 4) is 23.0 Å². The number of rotatable bonds is 6. The van der Waals surface area contributed by atoms with Crippen LogP contribution in [0.25, 0.3) is 6.08 Å². The van der Waals surface area contributed by atoms with Crippen LogP contribution >= 0.6 is 15.9 Å². The Morgan fingerprint density at radius 3 is 2.59 bits per heavy atom. The molecule has 0 radical (unpaired) electrons. The molecule has 27 heavy (non-hydrogen) atoms. The van der Waals surface area contributed by atoms with Crippen molar-refractivity contribution in [2.75, 3.05) is 40.0 Å². The van der Waals surface area contributed by atoms with E-state index in [1.807, 2.05) is 25.1 Å². The molecule has 0 saturated carbocycles. The van der Waals surface area contributed by atoms with Crippen LogP contribution in [0.1, 0.15) is 15.9 Å². The molecule has 0 N–H and O–H groups in total. The standard InChI is InChI=1S/C20H20BrNO5/c1-22(2)15-10-12(5-7-16(15)24-3)18(23)14(21)9-13-6-8-17-20(19(13)25-4)27-11-26-17/h5-10H,11H2,1-4H3. The Morgan fingerprint density at radius 2 is 1.93 bits per heavy atom. The molecule has 0 unspecified atom stereocenters. The molecule has 0 fully saturated rings. The van der Waals surface area contributed by atoms with Crippen molar-refractivity contribution in [3.63, 3.8) is 0 Å². The van der Waals surface area contributed by atoms with Crippen molar-refractivity contribution in [3.05, 3.63) is 45.9 Å². The maximum absolute atomic E-state index is 12.9. The Kier molecular flexibility index (Phi) is 5.60. The molecule has 1 aliphatic rings. The maximum atomic E-state index is 12.9. The lowest BCUT2D eigenvalue weighted by Gasteiger charge is -2.17. The van der Waals surface area contributed by atoms with Gasteiger partial charge in [-0.15, -0.1) is 0 Å². The topological polar surface area (TPSA) is 57.2 Å². The molecule has 3 rings (SSSR count). The second-order valence-electron chi connectivity index (χ2n) is 6.02. The molecule has 6 nitrogen and oxygen atoms in total. The number of hydrogen-bond acceptors (Lipinski definition) is 6. The highest BCUT2D eigenvalue weighted by molar-refractivity contribution is 9.12. The van der Waals surface area contributed by atoms with Crippen molar-refractivity contribution >= 4 is 33.5 Å². The molecule has 0 spiro atoms. The number of nitrogens with zero attached hydrogens (tertiary/aromatic N) is 1. The Balaban J connectivity index is 1.96. The van der Waals surface area contributed by atoms with Crippen molar-refractivity contribution in [2.24, 2.45) is 0 Å². The number of allylic oxidation sites excluding steroid dienone is 1. The van der Waals surface area contributed by atoms with Gasteiger partial charge in [0.15, 0.2) is 17.3 Å². The smallest absolute Gasteiger partial charge is 0.231 e. The van der Waals surface area contributed by atoms with Gasteiger partial charge < -0.3 is 23.8 Å². The van der Waals surface area contributed by atoms with Crippen LogP contribution in [0.3, 0.4) is 0 Å². The number of fused-ring (bicyclic) bond motifs is 1. The quantitative estimate of drug-likeness (QED) is 0.504. The third kappa shape index (κ3) is 3.73. The van der Waals surface area contributed by atoms with Gasteiger partial charge >= 0.3 is 0 Å². The minimum Gasteiger partial charge on any atom is -0.495 e. The third-order valence-corrected chi connectivity index (χ3v) is 4.74. The lowest BCUT2D eigenvalue weighted by molar-refractivity contribution is 0.104. The molecular formula is C20H20BrNO5. The molecule has 0 bridgehead atoms. The van der Waals surface area contributed by atoms with E-state index in [9.17, 15) is 4.79 Å². The summed E-state index contributed by atoms with van der Waals surface area (Å²) in [4.78, 5) is 14.8. The van der Waals surface area contributed by atoms with E-state index >= 15 is 0 Å². The first-order valence-electron chi connectivity index (χ1n) is 8.20. The maximum Gasteiger partial charge on any atom is 0.231 e. The normalized spacial score (nSPS) is 12.7. The number of methoxy groups -OCH3 is 2.